The molecule has 0 radical (unpaired) electrons. The van der Waals surface area contributed by atoms with Crippen LogP contribution in [-0.4, -0.2) is 10.5 Å². The van der Waals surface area contributed by atoms with Crippen LogP contribution in [0.25, 0.3) is 5.69 Å². The zero-order chi connectivity index (χ0) is 17.8. The first-order chi connectivity index (χ1) is 12.0. The molecule has 25 heavy (non-hydrogen) atoms. The Hall–Kier alpha value is -3.48. The molecule has 0 fully saturated rings. The summed E-state index contributed by atoms with van der Waals surface area (Å²) in [4.78, 5) is 24.2. The molecule has 5 nitrogen and oxygen atoms in total. The third-order valence-electron chi connectivity index (χ3n) is 3.40. The van der Waals surface area contributed by atoms with E-state index in [9.17, 15) is 18.4 Å². The van der Waals surface area contributed by atoms with Crippen LogP contribution in [0.2, 0.25) is 0 Å². The summed E-state index contributed by atoms with van der Waals surface area (Å²) in [6, 6.07) is 13.6. The van der Waals surface area contributed by atoms with Gasteiger partial charge in [-0.25, -0.2) is 8.78 Å². The van der Waals surface area contributed by atoms with Crippen molar-refractivity contribution < 1.29 is 13.6 Å². The number of rotatable bonds is 4. The minimum atomic E-state index is -0.533. The van der Waals surface area contributed by atoms with E-state index in [0.717, 1.165) is 0 Å². The summed E-state index contributed by atoms with van der Waals surface area (Å²) in [5.41, 5.74) is 5.43. The number of benzene rings is 2. The Balaban J connectivity index is 1.82. The maximum absolute atomic E-state index is 13.3. The second-order valence-corrected chi connectivity index (χ2v) is 5.20. The van der Waals surface area contributed by atoms with E-state index in [-0.39, 0.29) is 5.56 Å². The van der Waals surface area contributed by atoms with Gasteiger partial charge in [0.2, 0.25) is 0 Å². The highest BCUT2D eigenvalue weighted by atomic mass is 19.1. The number of hydrogen-bond acceptors (Lipinski definition) is 3. The molecule has 0 atom stereocenters. The summed E-state index contributed by atoms with van der Waals surface area (Å²) in [5, 5.41) is 0. The predicted molar refractivity (Wildman–Crippen MR) is 89.5 cm³/mol. The first-order valence-electron chi connectivity index (χ1n) is 7.33. The van der Waals surface area contributed by atoms with Gasteiger partial charge in [0.15, 0.2) is 0 Å². The van der Waals surface area contributed by atoms with Crippen LogP contribution in [0.5, 0.6) is 0 Å². The number of anilines is 1. The molecule has 0 saturated carbocycles. The van der Waals surface area contributed by atoms with Crippen molar-refractivity contribution in [1.29, 1.82) is 0 Å². The van der Waals surface area contributed by atoms with Crippen LogP contribution in [0.4, 0.5) is 14.5 Å². The number of aromatic nitrogens is 1. The molecule has 0 spiro atoms. The lowest BCUT2D eigenvalue weighted by molar-refractivity contribution is 0.0962. The molecule has 0 unspecified atom stereocenters. The average molecular weight is 341 g/mol. The van der Waals surface area contributed by atoms with E-state index in [0.29, 0.717) is 11.4 Å². The van der Waals surface area contributed by atoms with Crippen molar-refractivity contribution in [3.63, 3.8) is 0 Å². The molecule has 1 amide bonds. The normalized spacial score (nSPS) is 10.3. The molecule has 0 aliphatic rings. The molecule has 0 aliphatic heterocycles. The van der Waals surface area contributed by atoms with Crippen molar-refractivity contribution in [3.05, 3.63) is 94.4 Å². The zero-order valence-corrected chi connectivity index (χ0v) is 12.9. The van der Waals surface area contributed by atoms with E-state index in [1.165, 1.54) is 59.3 Å². The molecule has 0 bridgehead atoms. The van der Waals surface area contributed by atoms with E-state index in [2.05, 4.69) is 10.9 Å². The Kier molecular flexibility index (Phi) is 4.56. The number of nitrogens with one attached hydrogen (secondary N) is 2. The highest BCUT2D eigenvalue weighted by Crippen LogP contribution is 2.10. The van der Waals surface area contributed by atoms with Gasteiger partial charge in [-0.1, -0.05) is 12.1 Å². The topological polar surface area (TPSA) is 63.1 Å². The maximum Gasteiger partial charge on any atom is 0.271 e. The number of halogens is 2. The predicted octanol–water partition coefficient (Wildman–Crippen LogP) is 2.87. The Bertz CT molecular complexity index is 986. The fourth-order valence-corrected chi connectivity index (χ4v) is 2.22. The lowest BCUT2D eigenvalue weighted by atomic mass is 10.2. The summed E-state index contributed by atoms with van der Waals surface area (Å²) in [5.74, 6) is -1.47. The minimum absolute atomic E-state index is 0.174. The van der Waals surface area contributed by atoms with E-state index in [1.807, 2.05) is 0 Å². The van der Waals surface area contributed by atoms with Crippen LogP contribution in [-0.2, 0) is 0 Å². The second kappa shape index (κ2) is 6.96. The van der Waals surface area contributed by atoms with Crippen molar-refractivity contribution >= 4 is 11.6 Å². The molecule has 1 heterocycles. The fraction of sp³-hybridized carbons (Fsp3) is 0. The summed E-state index contributed by atoms with van der Waals surface area (Å²) < 4.78 is 27.6. The molecule has 1 aromatic heterocycles. The van der Waals surface area contributed by atoms with E-state index in [1.54, 1.807) is 12.1 Å². The molecule has 2 N–H and O–H groups in total. The van der Waals surface area contributed by atoms with Crippen LogP contribution in [0.15, 0.2) is 71.7 Å². The van der Waals surface area contributed by atoms with Crippen LogP contribution in [0.3, 0.4) is 0 Å². The van der Waals surface area contributed by atoms with Crippen molar-refractivity contribution in [3.8, 4) is 5.69 Å². The molecule has 0 saturated heterocycles. The third kappa shape index (κ3) is 3.89. The maximum atomic E-state index is 13.3. The van der Waals surface area contributed by atoms with Gasteiger partial charge < -0.3 is 0 Å². The standard InChI is InChI=1S/C18H13F2N3O2/c19-13-3-1-5-15(9-13)21-22-18(25)12-7-8-17(24)23(11-12)16-6-2-4-14(20)10-16/h1-11,21H,(H,22,25). The molecule has 3 aromatic rings. The monoisotopic (exact) mass is 341 g/mol. The number of carbonyl (C=O) groups is 1. The molecule has 7 heteroatoms. The van der Waals surface area contributed by atoms with Crippen LogP contribution < -0.4 is 16.4 Å². The van der Waals surface area contributed by atoms with Gasteiger partial charge in [-0.05, 0) is 42.5 Å². The SMILES string of the molecule is O=C(NNc1cccc(F)c1)c1ccc(=O)n(-c2cccc(F)c2)c1. The molecule has 126 valence electrons. The Morgan fingerprint density at radius 3 is 2.36 bits per heavy atom. The summed E-state index contributed by atoms with van der Waals surface area (Å²) in [7, 11) is 0. The number of pyridine rings is 1. The van der Waals surface area contributed by atoms with E-state index >= 15 is 0 Å². The molecular weight excluding hydrogens is 328 g/mol. The fourth-order valence-electron chi connectivity index (χ4n) is 2.22. The lowest BCUT2D eigenvalue weighted by Crippen LogP contribution is -2.30. The second-order valence-electron chi connectivity index (χ2n) is 5.20. The Morgan fingerprint density at radius 2 is 1.64 bits per heavy atom. The van der Waals surface area contributed by atoms with Gasteiger partial charge in [-0.15, -0.1) is 0 Å². The molecular formula is C18H13F2N3O2. The molecule has 0 aliphatic carbocycles. The van der Waals surface area contributed by atoms with Crippen molar-refractivity contribution in [2.75, 3.05) is 5.43 Å². The van der Waals surface area contributed by atoms with Gasteiger partial charge >= 0.3 is 0 Å². The summed E-state index contributed by atoms with van der Waals surface area (Å²) >= 11 is 0. The summed E-state index contributed by atoms with van der Waals surface area (Å²) in [6.07, 6.45) is 1.31. The van der Waals surface area contributed by atoms with Gasteiger partial charge in [0.25, 0.3) is 11.5 Å². The van der Waals surface area contributed by atoms with E-state index < -0.39 is 23.1 Å². The van der Waals surface area contributed by atoms with Crippen molar-refractivity contribution in [2.45, 2.75) is 0 Å². The van der Waals surface area contributed by atoms with Crippen LogP contribution in [0.1, 0.15) is 10.4 Å². The molecule has 3 rings (SSSR count). The number of carbonyl (C=O) groups excluding carboxylic acids is 1. The Morgan fingerprint density at radius 1 is 0.920 bits per heavy atom. The highest BCUT2D eigenvalue weighted by Gasteiger charge is 2.09. The van der Waals surface area contributed by atoms with Crippen LogP contribution >= 0.6 is 0 Å². The van der Waals surface area contributed by atoms with Gasteiger partial charge in [-0.3, -0.25) is 25.0 Å². The van der Waals surface area contributed by atoms with Gasteiger partial charge in [0.05, 0.1) is 16.9 Å². The van der Waals surface area contributed by atoms with Crippen LogP contribution in [0, 0.1) is 11.6 Å². The van der Waals surface area contributed by atoms with E-state index in [4.69, 9.17) is 0 Å². The average Bonchev–Trinajstić information content (AvgIpc) is 2.60. The highest BCUT2D eigenvalue weighted by molar-refractivity contribution is 5.94. The number of nitrogens with zero attached hydrogens (tertiary/aromatic N) is 1. The summed E-state index contributed by atoms with van der Waals surface area (Å²) in [6.45, 7) is 0. The quantitative estimate of drug-likeness (QED) is 0.717. The van der Waals surface area contributed by atoms with Crippen molar-refractivity contribution in [2.24, 2.45) is 0 Å². The minimum Gasteiger partial charge on any atom is -0.298 e. The van der Waals surface area contributed by atoms with Gasteiger partial charge in [0.1, 0.15) is 11.6 Å². The first-order valence-corrected chi connectivity index (χ1v) is 7.33. The largest absolute Gasteiger partial charge is 0.298 e. The molecule has 2 aromatic carbocycles. The lowest BCUT2D eigenvalue weighted by Gasteiger charge is -2.11. The smallest absolute Gasteiger partial charge is 0.271 e. The third-order valence-corrected chi connectivity index (χ3v) is 3.40. The first kappa shape index (κ1) is 16.4. The number of hydrogen-bond donors (Lipinski definition) is 2. The Labute approximate surface area is 141 Å². The van der Waals surface area contributed by atoms with Gasteiger partial charge in [0, 0.05) is 12.3 Å². The van der Waals surface area contributed by atoms with Gasteiger partial charge in [-0.2, -0.15) is 0 Å². The van der Waals surface area contributed by atoms with Crippen molar-refractivity contribution in [1.82, 2.24) is 9.99 Å². The zero-order valence-electron chi connectivity index (χ0n) is 12.9. The number of amides is 1. The number of hydrazine groups is 1.